The van der Waals surface area contributed by atoms with Gasteiger partial charge in [0, 0.05) is 16.7 Å². The summed E-state index contributed by atoms with van der Waals surface area (Å²) < 4.78 is 0. The van der Waals surface area contributed by atoms with Crippen LogP contribution in [0.25, 0.3) is 0 Å². The average molecular weight is 293 g/mol. The normalized spacial score (nSPS) is 19.1. The van der Waals surface area contributed by atoms with Crippen molar-refractivity contribution in [2.75, 3.05) is 12.8 Å². The molecule has 112 valence electrons. The van der Waals surface area contributed by atoms with Gasteiger partial charge in [0.1, 0.15) is 0 Å². The zero-order chi connectivity index (χ0) is 14.4. The van der Waals surface area contributed by atoms with Gasteiger partial charge in [-0.1, -0.05) is 37.8 Å². The monoisotopic (exact) mass is 293 g/mol. The number of thioether (sulfide) groups is 1. The third-order valence-corrected chi connectivity index (χ3v) is 5.45. The van der Waals surface area contributed by atoms with Crippen LogP contribution in [0.3, 0.4) is 0 Å². The maximum absolute atomic E-state index is 10.2. The van der Waals surface area contributed by atoms with Crippen LogP contribution in [0.2, 0.25) is 0 Å². The van der Waals surface area contributed by atoms with E-state index in [-0.39, 0.29) is 6.10 Å². The summed E-state index contributed by atoms with van der Waals surface area (Å²) in [6.07, 6.45) is 6.17. The maximum Gasteiger partial charge on any atom is 0.0636 e. The Hall–Kier alpha value is -0.510. The SMILES string of the molecule is CNC(C)c1cccc(SCC(O)CC2CCCC2)c1. The van der Waals surface area contributed by atoms with Gasteiger partial charge in [-0.25, -0.2) is 0 Å². The number of benzene rings is 1. The van der Waals surface area contributed by atoms with E-state index in [2.05, 4.69) is 36.5 Å². The van der Waals surface area contributed by atoms with Crippen molar-refractivity contribution >= 4 is 11.8 Å². The highest BCUT2D eigenvalue weighted by atomic mass is 32.2. The molecule has 0 amide bonds. The highest BCUT2D eigenvalue weighted by Crippen LogP contribution is 2.30. The van der Waals surface area contributed by atoms with E-state index in [0.717, 1.165) is 18.1 Å². The topological polar surface area (TPSA) is 32.3 Å². The molecular weight excluding hydrogens is 266 g/mol. The lowest BCUT2D eigenvalue weighted by Gasteiger charge is -2.16. The molecule has 0 heterocycles. The third kappa shape index (κ3) is 4.80. The number of aliphatic hydroxyl groups is 1. The Bertz CT molecular complexity index is 404. The summed E-state index contributed by atoms with van der Waals surface area (Å²) in [6, 6.07) is 9.00. The van der Waals surface area contributed by atoms with Crippen molar-refractivity contribution in [3.63, 3.8) is 0 Å². The number of hydrogen-bond acceptors (Lipinski definition) is 3. The number of rotatable bonds is 7. The molecule has 0 aliphatic heterocycles. The van der Waals surface area contributed by atoms with Gasteiger partial charge in [0.15, 0.2) is 0 Å². The molecule has 2 atom stereocenters. The predicted molar refractivity (Wildman–Crippen MR) is 87.2 cm³/mol. The summed E-state index contributed by atoms with van der Waals surface area (Å²) in [5.74, 6) is 1.58. The van der Waals surface area contributed by atoms with Crippen LogP contribution < -0.4 is 5.32 Å². The first kappa shape index (κ1) is 15.9. The second-order valence-corrected chi connectivity index (χ2v) is 7.03. The average Bonchev–Trinajstić information content (AvgIpc) is 2.97. The number of nitrogens with one attached hydrogen (secondary N) is 1. The molecule has 1 aliphatic carbocycles. The van der Waals surface area contributed by atoms with Crippen LogP contribution in [-0.2, 0) is 0 Å². The van der Waals surface area contributed by atoms with Crippen molar-refractivity contribution in [2.24, 2.45) is 5.92 Å². The lowest BCUT2D eigenvalue weighted by molar-refractivity contribution is 0.166. The minimum Gasteiger partial charge on any atom is -0.392 e. The van der Waals surface area contributed by atoms with E-state index < -0.39 is 0 Å². The molecule has 1 fully saturated rings. The quantitative estimate of drug-likeness (QED) is 0.745. The Morgan fingerprint density at radius 1 is 1.35 bits per heavy atom. The van der Waals surface area contributed by atoms with E-state index in [1.165, 1.54) is 36.1 Å². The fraction of sp³-hybridized carbons (Fsp3) is 0.647. The first-order chi connectivity index (χ1) is 9.69. The van der Waals surface area contributed by atoms with E-state index in [0.29, 0.717) is 6.04 Å². The van der Waals surface area contributed by atoms with E-state index in [1.807, 2.05) is 7.05 Å². The molecule has 0 aromatic heterocycles. The lowest BCUT2D eigenvalue weighted by Crippen LogP contribution is -2.14. The van der Waals surface area contributed by atoms with Gasteiger partial charge in [0.05, 0.1) is 6.10 Å². The van der Waals surface area contributed by atoms with Gasteiger partial charge in [-0.3, -0.25) is 0 Å². The number of hydrogen-bond donors (Lipinski definition) is 2. The van der Waals surface area contributed by atoms with Crippen LogP contribution in [0.1, 0.15) is 50.6 Å². The molecule has 3 heteroatoms. The van der Waals surface area contributed by atoms with E-state index in [9.17, 15) is 5.11 Å². The van der Waals surface area contributed by atoms with Crippen molar-refractivity contribution in [1.29, 1.82) is 0 Å². The first-order valence-corrected chi connectivity index (χ1v) is 8.75. The molecule has 2 nitrogen and oxygen atoms in total. The van der Waals surface area contributed by atoms with E-state index >= 15 is 0 Å². The van der Waals surface area contributed by atoms with Crippen LogP contribution in [-0.4, -0.2) is 24.0 Å². The van der Waals surface area contributed by atoms with Crippen LogP contribution in [0.4, 0.5) is 0 Å². The highest BCUT2D eigenvalue weighted by molar-refractivity contribution is 7.99. The molecule has 0 bridgehead atoms. The molecule has 2 rings (SSSR count). The largest absolute Gasteiger partial charge is 0.392 e. The Morgan fingerprint density at radius 2 is 2.10 bits per heavy atom. The first-order valence-electron chi connectivity index (χ1n) is 7.77. The predicted octanol–water partition coefficient (Wildman–Crippen LogP) is 4.00. The minimum absolute atomic E-state index is 0.159. The van der Waals surface area contributed by atoms with Gasteiger partial charge in [-0.2, -0.15) is 0 Å². The van der Waals surface area contributed by atoms with Gasteiger partial charge < -0.3 is 10.4 Å². The van der Waals surface area contributed by atoms with Crippen molar-refractivity contribution in [2.45, 2.75) is 56.1 Å². The summed E-state index contributed by atoms with van der Waals surface area (Å²) in [5, 5.41) is 13.4. The lowest BCUT2D eigenvalue weighted by atomic mass is 10.0. The molecule has 1 aromatic carbocycles. The van der Waals surface area contributed by atoms with Crippen molar-refractivity contribution in [3.05, 3.63) is 29.8 Å². The summed E-state index contributed by atoms with van der Waals surface area (Å²) in [5.41, 5.74) is 1.31. The van der Waals surface area contributed by atoms with Crippen LogP contribution in [0.15, 0.2) is 29.2 Å². The molecule has 2 N–H and O–H groups in total. The molecule has 1 saturated carbocycles. The smallest absolute Gasteiger partial charge is 0.0636 e. The molecule has 1 aromatic rings. The Balaban J connectivity index is 1.80. The second kappa shape index (κ2) is 8.06. The Morgan fingerprint density at radius 3 is 2.80 bits per heavy atom. The van der Waals surface area contributed by atoms with E-state index in [4.69, 9.17) is 0 Å². The Labute approximate surface area is 127 Å². The van der Waals surface area contributed by atoms with Crippen LogP contribution in [0, 0.1) is 5.92 Å². The standard InChI is InChI=1S/C17H27NOS/c1-13(18-2)15-8-5-9-17(11-15)20-12-16(19)10-14-6-3-4-7-14/h5,8-9,11,13-14,16,18-19H,3-4,6-7,10,12H2,1-2H3. The van der Waals surface area contributed by atoms with Crippen molar-refractivity contribution < 1.29 is 5.11 Å². The van der Waals surface area contributed by atoms with Gasteiger partial charge in [-0.15, -0.1) is 11.8 Å². The molecule has 0 spiro atoms. The second-order valence-electron chi connectivity index (χ2n) is 5.93. The van der Waals surface area contributed by atoms with Crippen LogP contribution >= 0.6 is 11.8 Å². The number of aliphatic hydroxyl groups excluding tert-OH is 1. The fourth-order valence-electron chi connectivity index (χ4n) is 2.93. The van der Waals surface area contributed by atoms with Gasteiger partial charge in [0.2, 0.25) is 0 Å². The van der Waals surface area contributed by atoms with Gasteiger partial charge >= 0.3 is 0 Å². The van der Waals surface area contributed by atoms with Crippen molar-refractivity contribution in [3.8, 4) is 0 Å². The maximum atomic E-state index is 10.2. The molecule has 20 heavy (non-hydrogen) atoms. The molecule has 1 aliphatic rings. The molecular formula is C17H27NOS. The third-order valence-electron chi connectivity index (χ3n) is 4.31. The molecule has 0 saturated heterocycles. The Kier molecular flexibility index (Phi) is 6.40. The molecule has 0 radical (unpaired) electrons. The molecule has 2 unspecified atom stereocenters. The van der Waals surface area contributed by atoms with E-state index in [1.54, 1.807) is 11.8 Å². The zero-order valence-corrected chi connectivity index (χ0v) is 13.5. The van der Waals surface area contributed by atoms with Crippen molar-refractivity contribution in [1.82, 2.24) is 5.32 Å². The summed E-state index contributed by atoms with van der Waals surface area (Å²) in [7, 11) is 1.98. The summed E-state index contributed by atoms with van der Waals surface area (Å²) >= 11 is 1.78. The minimum atomic E-state index is -0.159. The fourth-order valence-corrected chi connectivity index (χ4v) is 3.85. The van der Waals surface area contributed by atoms with Gasteiger partial charge in [-0.05, 0) is 44.0 Å². The van der Waals surface area contributed by atoms with Gasteiger partial charge in [0.25, 0.3) is 0 Å². The summed E-state index contributed by atoms with van der Waals surface area (Å²) in [6.45, 7) is 2.17. The summed E-state index contributed by atoms with van der Waals surface area (Å²) in [4.78, 5) is 1.26. The zero-order valence-electron chi connectivity index (χ0n) is 12.6. The highest BCUT2D eigenvalue weighted by Gasteiger charge is 2.18. The van der Waals surface area contributed by atoms with Crippen LogP contribution in [0.5, 0.6) is 0 Å².